The molecular weight excluding hydrogens is 333 g/mol. The van der Waals surface area contributed by atoms with Gasteiger partial charge in [0.25, 0.3) is 10.0 Å². The summed E-state index contributed by atoms with van der Waals surface area (Å²) in [5, 5.41) is -0.627. The molecule has 0 aromatic heterocycles. The van der Waals surface area contributed by atoms with Gasteiger partial charge in [-0.25, -0.2) is 8.42 Å². The summed E-state index contributed by atoms with van der Waals surface area (Å²) in [6, 6.07) is 7.99. The van der Waals surface area contributed by atoms with Crippen LogP contribution in [0.25, 0.3) is 0 Å². The molecule has 0 saturated heterocycles. The summed E-state index contributed by atoms with van der Waals surface area (Å²) in [6.45, 7) is 6.20. The van der Waals surface area contributed by atoms with Gasteiger partial charge in [0.1, 0.15) is 13.5 Å². The number of rotatable bonds is 4. The van der Waals surface area contributed by atoms with Crippen LogP contribution >= 0.6 is 23.4 Å². The zero-order valence-corrected chi connectivity index (χ0v) is 14.9. The summed E-state index contributed by atoms with van der Waals surface area (Å²) in [6.07, 6.45) is 0. The van der Waals surface area contributed by atoms with Gasteiger partial charge in [0.2, 0.25) is 0 Å². The molecule has 0 amide bonds. The highest BCUT2D eigenvalue weighted by atomic mass is 35.5. The average molecular weight is 350 g/mol. The molecule has 1 aromatic rings. The SMILES string of the molecule is C[Si](C)(C)C#CC(Cl)CN(Cl)S(=O)(=O)c1ccccc1. The van der Waals surface area contributed by atoms with E-state index in [-0.39, 0.29) is 11.4 Å². The molecule has 20 heavy (non-hydrogen) atoms. The fourth-order valence-electron chi connectivity index (χ4n) is 1.27. The lowest BCUT2D eigenvalue weighted by atomic mass is 10.4. The molecule has 0 saturated carbocycles. The molecular formula is C13H17Cl2NO2SSi. The molecule has 0 aliphatic rings. The Morgan fingerprint density at radius 2 is 1.80 bits per heavy atom. The first-order chi connectivity index (χ1) is 9.13. The average Bonchev–Trinajstić information content (AvgIpc) is 2.36. The van der Waals surface area contributed by atoms with Gasteiger partial charge in [-0.2, -0.15) is 0 Å². The maximum absolute atomic E-state index is 12.2. The molecule has 1 atom stereocenters. The number of sulfonamides is 1. The summed E-state index contributed by atoms with van der Waals surface area (Å²) < 4.78 is 25.1. The topological polar surface area (TPSA) is 37.4 Å². The summed E-state index contributed by atoms with van der Waals surface area (Å²) in [5.74, 6) is 2.86. The lowest BCUT2D eigenvalue weighted by Gasteiger charge is -2.15. The third-order valence-corrected chi connectivity index (χ3v) is 5.57. The van der Waals surface area contributed by atoms with Crippen molar-refractivity contribution in [2.24, 2.45) is 0 Å². The Morgan fingerprint density at radius 1 is 1.25 bits per heavy atom. The Hall–Kier alpha value is -0.513. The van der Waals surface area contributed by atoms with E-state index in [2.05, 4.69) is 31.1 Å². The number of nitrogens with zero attached hydrogens (tertiary/aromatic N) is 1. The molecule has 0 heterocycles. The molecule has 1 aromatic carbocycles. The highest BCUT2D eigenvalue weighted by Gasteiger charge is 2.24. The quantitative estimate of drug-likeness (QED) is 0.362. The predicted molar refractivity (Wildman–Crippen MR) is 86.9 cm³/mol. The van der Waals surface area contributed by atoms with E-state index in [1.165, 1.54) is 12.1 Å². The lowest BCUT2D eigenvalue weighted by Crippen LogP contribution is -2.28. The van der Waals surface area contributed by atoms with Crippen molar-refractivity contribution in [3.05, 3.63) is 30.3 Å². The number of benzene rings is 1. The van der Waals surface area contributed by atoms with E-state index in [0.717, 1.165) is 3.82 Å². The van der Waals surface area contributed by atoms with Crippen molar-refractivity contribution >= 4 is 41.5 Å². The van der Waals surface area contributed by atoms with E-state index in [1.807, 2.05) is 0 Å². The lowest BCUT2D eigenvalue weighted by molar-refractivity contribution is 0.540. The second-order valence-electron chi connectivity index (χ2n) is 5.28. The Labute approximate surface area is 132 Å². The molecule has 0 fully saturated rings. The molecule has 0 spiro atoms. The second kappa shape index (κ2) is 6.97. The summed E-state index contributed by atoms with van der Waals surface area (Å²) in [7, 11) is -5.27. The first kappa shape index (κ1) is 17.5. The molecule has 0 aliphatic carbocycles. The minimum absolute atomic E-state index is 0.0577. The number of halogens is 2. The van der Waals surface area contributed by atoms with Crippen LogP contribution in [0.3, 0.4) is 0 Å². The van der Waals surface area contributed by atoms with E-state index < -0.39 is 23.5 Å². The third-order valence-electron chi connectivity index (χ3n) is 2.21. The Morgan fingerprint density at radius 3 is 2.30 bits per heavy atom. The highest BCUT2D eigenvalue weighted by Crippen LogP contribution is 2.18. The smallest absolute Gasteiger partial charge is 0.206 e. The van der Waals surface area contributed by atoms with Gasteiger partial charge in [-0.15, -0.1) is 21.0 Å². The number of alkyl halides is 1. The maximum Gasteiger partial charge on any atom is 0.256 e. The van der Waals surface area contributed by atoms with Crippen molar-refractivity contribution in [3.63, 3.8) is 0 Å². The largest absolute Gasteiger partial charge is 0.256 e. The van der Waals surface area contributed by atoms with Gasteiger partial charge in [-0.05, 0) is 23.9 Å². The third kappa shape index (κ3) is 5.47. The van der Waals surface area contributed by atoms with Gasteiger partial charge in [0.15, 0.2) is 0 Å². The van der Waals surface area contributed by atoms with Crippen molar-refractivity contribution in [2.75, 3.05) is 6.54 Å². The van der Waals surface area contributed by atoms with Crippen LogP contribution in [0.4, 0.5) is 0 Å². The Balaban J connectivity index is 2.81. The van der Waals surface area contributed by atoms with E-state index in [0.29, 0.717) is 0 Å². The summed E-state index contributed by atoms with van der Waals surface area (Å²) >= 11 is 11.9. The first-order valence-electron chi connectivity index (χ1n) is 6.03. The standard InChI is InChI=1S/C13H17Cl2NO2SSi/c1-20(2,3)10-9-12(14)11-16(15)19(17,18)13-7-5-4-6-8-13/h4-8,12H,11H2,1-3H3. The molecule has 0 radical (unpaired) electrons. The molecule has 0 aliphatic heterocycles. The number of hydrogen-bond acceptors (Lipinski definition) is 2. The van der Waals surface area contributed by atoms with Crippen LogP contribution in [-0.2, 0) is 10.0 Å². The monoisotopic (exact) mass is 349 g/mol. The summed E-state index contributed by atoms with van der Waals surface area (Å²) in [4.78, 5) is 0.136. The maximum atomic E-state index is 12.2. The van der Waals surface area contributed by atoms with Crippen molar-refractivity contribution in [1.82, 2.24) is 3.82 Å². The van der Waals surface area contributed by atoms with Crippen molar-refractivity contribution in [1.29, 1.82) is 0 Å². The van der Waals surface area contributed by atoms with E-state index in [9.17, 15) is 8.42 Å². The minimum Gasteiger partial charge on any atom is -0.206 e. The van der Waals surface area contributed by atoms with Crippen molar-refractivity contribution in [2.45, 2.75) is 29.9 Å². The second-order valence-corrected chi connectivity index (χ2v) is 13.0. The van der Waals surface area contributed by atoms with Gasteiger partial charge in [-0.1, -0.05) is 43.8 Å². The molecule has 3 nitrogen and oxygen atoms in total. The van der Waals surface area contributed by atoms with Crippen molar-refractivity contribution in [3.8, 4) is 11.5 Å². The van der Waals surface area contributed by atoms with Gasteiger partial charge < -0.3 is 0 Å². The van der Waals surface area contributed by atoms with E-state index >= 15 is 0 Å². The molecule has 7 heteroatoms. The van der Waals surface area contributed by atoms with Crippen LogP contribution in [0.15, 0.2) is 35.2 Å². The van der Waals surface area contributed by atoms with Crippen LogP contribution in [-0.4, -0.2) is 32.2 Å². The fourth-order valence-corrected chi connectivity index (χ4v) is 3.77. The zero-order chi connectivity index (χ0) is 15.4. The first-order valence-corrected chi connectivity index (χ1v) is 11.7. The predicted octanol–water partition coefficient (Wildman–Crippen LogP) is 3.32. The van der Waals surface area contributed by atoms with E-state index in [1.54, 1.807) is 18.2 Å². The van der Waals surface area contributed by atoms with Crippen LogP contribution in [0.5, 0.6) is 0 Å². The molecule has 110 valence electrons. The molecule has 0 bridgehead atoms. The normalized spacial score (nSPS) is 13.7. The van der Waals surface area contributed by atoms with Crippen LogP contribution in [0.2, 0.25) is 19.6 Å². The minimum atomic E-state index is -3.73. The van der Waals surface area contributed by atoms with Gasteiger partial charge >= 0.3 is 0 Å². The Kier molecular flexibility index (Phi) is 6.11. The molecule has 1 rings (SSSR count). The molecule has 0 N–H and O–H groups in total. The summed E-state index contributed by atoms with van der Waals surface area (Å²) in [5.41, 5.74) is 3.10. The van der Waals surface area contributed by atoms with Crippen LogP contribution in [0, 0.1) is 11.5 Å². The fraction of sp³-hybridized carbons (Fsp3) is 0.385. The highest BCUT2D eigenvalue weighted by molar-refractivity contribution is 7.90. The Bertz CT molecular complexity index is 603. The number of hydrogen-bond donors (Lipinski definition) is 0. The molecule has 1 unspecified atom stereocenters. The van der Waals surface area contributed by atoms with E-state index in [4.69, 9.17) is 23.4 Å². The zero-order valence-electron chi connectivity index (χ0n) is 11.6. The van der Waals surface area contributed by atoms with Gasteiger partial charge in [-0.3, -0.25) is 0 Å². The van der Waals surface area contributed by atoms with Gasteiger partial charge in [0, 0.05) is 0 Å². The van der Waals surface area contributed by atoms with Crippen LogP contribution in [0.1, 0.15) is 0 Å². The van der Waals surface area contributed by atoms with Crippen LogP contribution < -0.4 is 0 Å². The van der Waals surface area contributed by atoms with Crippen molar-refractivity contribution < 1.29 is 8.42 Å². The van der Waals surface area contributed by atoms with Gasteiger partial charge in [0.05, 0.1) is 11.4 Å².